The minimum absolute atomic E-state index is 0.122. The van der Waals surface area contributed by atoms with Crippen LogP contribution < -0.4 is 10.1 Å². The molecule has 0 spiro atoms. The summed E-state index contributed by atoms with van der Waals surface area (Å²) in [5.74, 6) is 0.299. The van der Waals surface area contributed by atoms with Crippen molar-refractivity contribution >= 4 is 21.8 Å². The zero-order chi connectivity index (χ0) is 25.8. The van der Waals surface area contributed by atoms with Crippen molar-refractivity contribution in [1.82, 2.24) is 14.5 Å². The smallest absolute Gasteiger partial charge is 0.242 e. The highest BCUT2D eigenvalue weighted by molar-refractivity contribution is 7.89. The maximum Gasteiger partial charge on any atom is 0.242 e. The molecule has 0 fully saturated rings. The van der Waals surface area contributed by atoms with Crippen LogP contribution in [-0.2, 0) is 26.2 Å². The van der Waals surface area contributed by atoms with Crippen LogP contribution in [0.2, 0.25) is 0 Å². The number of nitrogens with zero attached hydrogens (tertiary/aromatic N) is 2. The van der Waals surface area contributed by atoms with Gasteiger partial charge in [-0.3, -0.25) is 9.59 Å². The molecule has 0 saturated carbocycles. The Morgan fingerprint density at radius 3 is 2.29 bits per heavy atom. The first kappa shape index (κ1) is 28.3. The van der Waals surface area contributed by atoms with Crippen molar-refractivity contribution in [2.24, 2.45) is 0 Å². The van der Waals surface area contributed by atoms with E-state index in [0.717, 1.165) is 18.4 Å². The van der Waals surface area contributed by atoms with Crippen LogP contribution in [0, 0.1) is 0 Å². The van der Waals surface area contributed by atoms with Crippen LogP contribution in [0.1, 0.15) is 45.1 Å². The number of hydrogen-bond donors (Lipinski definition) is 1. The van der Waals surface area contributed by atoms with Gasteiger partial charge in [-0.25, -0.2) is 12.7 Å². The molecular formula is C26H37N3O5S. The summed E-state index contributed by atoms with van der Waals surface area (Å²) in [4.78, 5) is 27.7. The van der Waals surface area contributed by atoms with Crippen LogP contribution in [0.25, 0.3) is 0 Å². The van der Waals surface area contributed by atoms with E-state index in [1.165, 1.54) is 11.4 Å². The molecule has 192 valence electrons. The second kappa shape index (κ2) is 13.8. The first-order valence-electron chi connectivity index (χ1n) is 11.9. The van der Waals surface area contributed by atoms with Gasteiger partial charge >= 0.3 is 0 Å². The second-order valence-corrected chi connectivity index (χ2v) is 10.5. The molecule has 0 aliphatic carbocycles. The Hall–Kier alpha value is -2.91. The molecule has 2 aromatic carbocycles. The van der Waals surface area contributed by atoms with Crippen LogP contribution in [0.15, 0.2) is 59.5 Å². The molecule has 0 saturated heterocycles. The molecule has 9 heteroatoms. The van der Waals surface area contributed by atoms with E-state index in [-0.39, 0.29) is 36.2 Å². The zero-order valence-corrected chi connectivity index (χ0v) is 21.9. The van der Waals surface area contributed by atoms with E-state index >= 15 is 0 Å². The van der Waals surface area contributed by atoms with Crippen LogP contribution in [0.4, 0.5) is 0 Å². The molecule has 1 N–H and O–H groups in total. The average molecular weight is 504 g/mol. The number of carbonyl (C=O) groups excluding carboxylic acids is 2. The average Bonchev–Trinajstić information content (AvgIpc) is 2.87. The molecule has 0 unspecified atom stereocenters. The fourth-order valence-corrected chi connectivity index (χ4v) is 4.77. The number of unbranched alkanes of at least 4 members (excludes halogenated alkanes) is 1. The standard InChI is InChI=1S/C26H37N3O5S/c1-5-6-18-27-26(31)21(2)29(20-22-14-16-23(34-4)17-15-22)25(30)13-10-19-28(3)35(32,33)24-11-8-7-9-12-24/h7-9,11-12,14-17,21H,5-6,10,13,18-20H2,1-4H3,(H,27,31)/t21-/m1/s1. The fraction of sp³-hybridized carbons (Fsp3) is 0.462. The van der Waals surface area contributed by atoms with Gasteiger partial charge in [-0.15, -0.1) is 0 Å². The van der Waals surface area contributed by atoms with Crippen molar-refractivity contribution in [2.45, 2.75) is 57.0 Å². The van der Waals surface area contributed by atoms with Gasteiger partial charge in [0, 0.05) is 33.1 Å². The van der Waals surface area contributed by atoms with E-state index in [1.54, 1.807) is 49.3 Å². The molecule has 2 amide bonds. The van der Waals surface area contributed by atoms with E-state index in [2.05, 4.69) is 5.32 Å². The first-order chi connectivity index (χ1) is 16.7. The summed E-state index contributed by atoms with van der Waals surface area (Å²) in [6.45, 7) is 4.78. The van der Waals surface area contributed by atoms with Crippen molar-refractivity contribution < 1.29 is 22.7 Å². The monoisotopic (exact) mass is 503 g/mol. The number of ether oxygens (including phenoxy) is 1. The van der Waals surface area contributed by atoms with Crippen molar-refractivity contribution in [3.8, 4) is 5.75 Å². The largest absolute Gasteiger partial charge is 0.497 e. The third-order valence-electron chi connectivity index (χ3n) is 5.82. The molecule has 2 aromatic rings. The molecule has 0 radical (unpaired) electrons. The van der Waals surface area contributed by atoms with E-state index in [1.807, 2.05) is 31.2 Å². The molecule has 0 aliphatic heterocycles. The second-order valence-electron chi connectivity index (χ2n) is 8.43. The lowest BCUT2D eigenvalue weighted by Crippen LogP contribution is -2.47. The number of sulfonamides is 1. The number of nitrogens with one attached hydrogen (secondary N) is 1. The van der Waals surface area contributed by atoms with E-state index < -0.39 is 16.1 Å². The third kappa shape index (κ3) is 8.36. The lowest BCUT2D eigenvalue weighted by atomic mass is 10.1. The lowest BCUT2D eigenvalue weighted by Gasteiger charge is -2.29. The van der Waals surface area contributed by atoms with Crippen LogP contribution in [0.3, 0.4) is 0 Å². The highest BCUT2D eigenvalue weighted by Gasteiger charge is 2.26. The number of rotatable bonds is 14. The number of hydrogen-bond acceptors (Lipinski definition) is 5. The number of carbonyl (C=O) groups is 2. The van der Waals surface area contributed by atoms with Gasteiger partial charge in [-0.2, -0.15) is 0 Å². The molecule has 2 rings (SSSR count). The summed E-state index contributed by atoms with van der Waals surface area (Å²) in [6.07, 6.45) is 2.29. The predicted octanol–water partition coefficient (Wildman–Crippen LogP) is 3.43. The van der Waals surface area contributed by atoms with Crippen LogP contribution in [-0.4, -0.2) is 62.7 Å². The molecule has 0 aliphatic rings. The molecule has 1 atom stereocenters. The maximum absolute atomic E-state index is 13.2. The molecule has 8 nitrogen and oxygen atoms in total. The van der Waals surface area contributed by atoms with Crippen LogP contribution in [0.5, 0.6) is 5.75 Å². The number of methoxy groups -OCH3 is 1. The Labute approximate surface area is 209 Å². The highest BCUT2D eigenvalue weighted by atomic mass is 32.2. The topological polar surface area (TPSA) is 96.0 Å². The Bertz CT molecular complexity index is 1040. The van der Waals surface area contributed by atoms with E-state index in [9.17, 15) is 18.0 Å². The molecule has 35 heavy (non-hydrogen) atoms. The van der Waals surface area contributed by atoms with Crippen molar-refractivity contribution in [3.05, 3.63) is 60.2 Å². The van der Waals surface area contributed by atoms with E-state index in [0.29, 0.717) is 18.7 Å². The summed E-state index contributed by atoms with van der Waals surface area (Å²) in [6, 6.07) is 14.9. The summed E-state index contributed by atoms with van der Waals surface area (Å²) in [5.41, 5.74) is 0.871. The Kier molecular flexibility index (Phi) is 11.2. The van der Waals surface area contributed by atoms with Crippen molar-refractivity contribution in [3.63, 3.8) is 0 Å². The Morgan fingerprint density at radius 1 is 1.03 bits per heavy atom. The van der Waals surface area contributed by atoms with Gasteiger partial charge < -0.3 is 15.0 Å². The quantitative estimate of drug-likeness (QED) is 0.399. The summed E-state index contributed by atoms with van der Waals surface area (Å²) in [7, 11) is -0.531. The third-order valence-corrected chi connectivity index (χ3v) is 7.69. The van der Waals surface area contributed by atoms with Gasteiger partial charge in [0.2, 0.25) is 21.8 Å². The minimum Gasteiger partial charge on any atom is -0.497 e. The number of benzene rings is 2. The van der Waals surface area contributed by atoms with E-state index in [4.69, 9.17) is 4.74 Å². The zero-order valence-electron chi connectivity index (χ0n) is 21.1. The van der Waals surface area contributed by atoms with Gasteiger partial charge in [-0.05, 0) is 49.6 Å². The molecule has 0 heterocycles. The maximum atomic E-state index is 13.2. The van der Waals surface area contributed by atoms with Gasteiger partial charge in [0.05, 0.1) is 12.0 Å². The fourth-order valence-electron chi connectivity index (χ4n) is 3.54. The van der Waals surface area contributed by atoms with Gasteiger partial charge in [-0.1, -0.05) is 43.7 Å². The van der Waals surface area contributed by atoms with Crippen LogP contribution >= 0.6 is 0 Å². The Balaban J connectivity index is 2.06. The van der Waals surface area contributed by atoms with Gasteiger partial charge in [0.1, 0.15) is 11.8 Å². The highest BCUT2D eigenvalue weighted by Crippen LogP contribution is 2.17. The number of amides is 2. The van der Waals surface area contributed by atoms with Crippen molar-refractivity contribution in [1.29, 1.82) is 0 Å². The molecule has 0 bridgehead atoms. The van der Waals surface area contributed by atoms with Gasteiger partial charge in [0.25, 0.3) is 0 Å². The summed E-state index contributed by atoms with van der Waals surface area (Å²) < 4.78 is 31.9. The lowest BCUT2D eigenvalue weighted by molar-refractivity contribution is -0.140. The minimum atomic E-state index is -3.62. The molecular weight excluding hydrogens is 466 g/mol. The SMILES string of the molecule is CCCCNC(=O)[C@@H](C)N(Cc1ccc(OC)cc1)C(=O)CCCN(C)S(=O)(=O)c1ccccc1. The summed E-state index contributed by atoms with van der Waals surface area (Å²) in [5, 5.41) is 2.89. The summed E-state index contributed by atoms with van der Waals surface area (Å²) >= 11 is 0. The normalized spacial score (nSPS) is 12.3. The Morgan fingerprint density at radius 2 is 1.69 bits per heavy atom. The van der Waals surface area contributed by atoms with Crippen molar-refractivity contribution in [2.75, 3.05) is 27.2 Å². The predicted molar refractivity (Wildman–Crippen MR) is 136 cm³/mol. The van der Waals surface area contributed by atoms with Gasteiger partial charge in [0.15, 0.2) is 0 Å². The first-order valence-corrected chi connectivity index (χ1v) is 13.4. The molecule has 0 aromatic heterocycles.